The third kappa shape index (κ3) is 5.78. The summed E-state index contributed by atoms with van der Waals surface area (Å²) in [6, 6.07) is 18.5. The second-order valence-electron chi connectivity index (χ2n) is 5.99. The number of hydrogen-bond acceptors (Lipinski definition) is 6. The molecule has 0 aliphatic heterocycles. The van der Waals surface area contributed by atoms with E-state index in [4.69, 9.17) is 14.7 Å². The predicted octanol–water partition coefficient (Wildman–Crippen LogP) is 3.63. The minimum Gasteiger partial charge on any atom is -0.497 e. The molecule has 1 N–H and O–H groups in total. The molecule has 0 aromatic heterocycles. The predicted molar refractivity (Wildman–Crippen MR) is 114 cm³/mol. The Morgan fingerprint density at radius 3 is 2.27 bits per heavy atom. The van der Waals surface area contributed by atoms with Gasteiger partial charge in [0.25, 0.3) is 5.91 Å². The van der Waals surface area contributed by atoms with E-state index in [9.17, 15) is 14.4 Å². The van der Waals surface area contributed by atoms with Gasteiger partial charge in [0.15, 0.2) is 11.4 Å². The molecule has 0 aliphatic rings. The number of carbonyl (C=O) groups is 3. The van der Waals surface area contributed by atoms with Gasteiger partial charge in [-0.2, -0.15) is 5.26 Å². The first-order chi connectivity index (χ1) is 14.4. The van der Waals surface area contributed by atoms with Crippen LogP contribution in [0.2, 0.25) is 0 Å². The number of amides is 1. The van der Waals surface area contributed by atoms with E-state index >= 15 is 0 Å². The molecule has 2 aromatic carbocycles. The van der Waals surface area contributed by atoms with E-state index in [1.807, 2.05) is 0 Å². The molecule has 0 heterocycles. The summed E-state index contributed by atoms with van der Waals surface area (Å²) in [4.78, 5) is 37.8. The van der Waals surface area contributed by atoms with Crippen molar-refractivity contribution in [1.82, 2.24) is 0 Å². The highest BCUT2D eigenvalue weighted by Gasteiger charge is 2.45. The summed E-state index contributed by atoms with van der Waals surface area (Å²) in [5, 5.41) is 11.8. The lowest BCUT2D eigenvalue weighted by Gasteiger charge is -2.24. The molecule has 1 atom stereocenters. The van der Waals surface area contributed by atoms with E-state index in [0.29, 0.717) is 5.69 Å². The highest BCUT2D eigenvalue weighted by Crippen LogP contribution is 2.27. The third-order valence-electron chi connectivity index (χ3n) is 3.89. The van der Waals surface area contributed by atoms with Crippen molar-refractivity contribution in [2.75, 3.05) is 18.5 Å². The number of nitrogens with zero attached hydrogens (tertiary/aromatic N) is 1. The highest BCUT2D eigenvalue weighted by atomic mass is 79.9. The van der Waals surface area contributed by atoms with E-state index in [1.165, 1.54) is 0 Å². The summed E-state index contributed by atoms with van der Waals surface area (Å²) in [5.74, 6) is -2.06. The molecule has 2 aromatic rings. The van der Waals surface area contributed by atoms with E-state index in [2.05, 4.69) is 21.2 Å². The van der Waals surface area contributed by atoms with Crippen molar-refractivity contribution in [3.05, 3.63) is 78.1 Å². The second kappa shape index (κ2) is 10.9. The number of alkyl halides is 1. The van der Waals surface area contributed by atoms with Crippen molar-refractivity contribution in [2.45, 2.75) is 11.2 Å². The topological polar surface area (TPSA) is 105 Å². The van der Waals surface area contributed by atoms with Crippen molar-refractivity contribution in [3.8, 4) is 6.07 Å². The molecule has 0 saturated heterocycles. The number of benzene rings is 2. The Kier molecular flexibility index (Phi) is 8.32. The van der Waals surface area contributed by atoms with Gasteiger partial charge in [-0.05, 0) is 19.1 Å². The number of nitriles is 1. The third-order valence-corrected chi connectivity index (χ3v) is 4.84. The fourth-order valence-electron chi connectivity index (χ4n) is 2.37. The number of para-hydroxylation sites is 1. The molecular weight excluding hydrogens is 452 g/mol. The number of hydrogen-bond donors (Lipinski definition) is 1. The molecule has 0 saturated carbocycles. The van der Waals surface area contributed by atoms with E-state index in [-0.39, 0.29) is 17.7 Å². The fourth-order valence-corrected chi connectivity index (χ4v) is 2.83. The van der Waals surface area contributed by atoms with E-state index in [0.717, 1.165) is 6.26 Å². The molecule has 1 amide bonds. The molecule has 1 unspecified atom stereocenters. The van der Waals surface area contributed by atoms with Crippen molar-refractivity contribution in [2.24, 2.45) is 0 Å². The molecule has 7 nitrogen and oxygen atoms in total. The lowest BCUT2D eigenvalue weighted by Crippen LogP contribution is -2.48. The largest absolute Gasteiger partial charge is 0.497 e. The second-order valence-corrected chi connectivity index (χ2v) is 7.35. The van der Waals surface area contributed by atoms with Crippen LogP contribution >= 0.6 is 15.9 Å². The molecule has 8 heteroatoms. The average molecular weight is 471 g/mol. The first-order valence-corrected chi connectivity index (χ1v) is 9.76. The molecular formula is C22H19BrN2O5. The number of carbonyl (C=O) groups excluding carboxylic acids is 3. The van der Waals surface area contributed by atoms with Crippen LogP contribution in [-0.2, 0) is 19.1 Å². The molecule has 154 valence electrons. The van der Waals surface area contributed by atoms with Crippen LogP contribution in [0.5, 0.6) is 0 Å². The zero-order valence-electron chi connectivity index (χ0n) is 16.1. The Balaban J connectivity index is 2.29. The Labute approximate surface area is 182 Å². The summed E-state index contributed by atoms with van der Waals surface area (Å²) < 4.78 is 8.25. The van der Waals surface area contributed by atoms with Gasteiger partial charge in [0.2, 0.25) is 4.32 Å². The Morgan fingerprint density at radius 2 is 1.70 bits per heavy atom. The fraction of sp³-hybridized carbons (Fsp3) is 0.182. The lowest BCUT2D eigenvalue weighted by atomic mass is 9.97. The number of esters is 1. The van der Waals surface area contributed by atoms with Crippen molar-refractivity contribution in [1.29, 1.82) is 5.26 Å². The molecule has 0 spiro atoms. The number of anilines is 1. The van der Waals surface area contributed by atoms with Crippen LogP contribution in [0.4, 0.5) is 5.69 Å². The maximum absolute atomic E-state index is 13.1. The number of nitrogens with one attached hydrogen (secondary N) is 1. The van der Waals surface area contributed by atoms with E-state index in [1.54, 1.807) is 73.7 Å². The molecule has 0 radical (unpaired) electrons. The summed E-state index contributed by atoms with van der Waals surface area (Å²) >= 11 is 3.24. The quantitative estimate of drug-likeness (QED) is 0.114. The monoisotopic (exact) mass is 470 g/mol. The van der Waals surface area contributed by atoms with Gasteiger partial charge in [-0.25, -0.2) is 4.79 Å². The molecule has 30 heavy (non-hydrogen) atoms. The summed E-state index contributed by atoms with van der Waals surface area (Å²) in [6.45, 7) is 1.22. The number of halogens is 1. The van der Waals surface area contributed by atoms with Gasteiger partial charge in [0.1, 0.15) is 18.9 Å². The van der Waals surface area contributed by atoms with Gasteiger partial charge in [-0.3, -0.25) is 9.59 Å². The lowest BCUT2D eigenvalue weighted by molar-refractivity contribution is -0.138. The molecule has 0 aliphatic carbocycles. The standard InChI is InChI=1S/C22H19BrN2O5/c1-2-30-20(27)17(13-24)14-29-15-22(23,19(26)16-9-5-3-6-10-16)21(28)25-18-11-7-4-8-12-18/h3-12,14H,2,15H2,1H3,(H,25,28). The Bertz CT molecular complexity index is 970. The van der Waals surface area contributed by atoms with E-state index < -0.39 is 28.6 Å². The zero-order valence-corrected chi connectivity index (χ0v) is 17.7. The summed E-state index contributed by atoms with van der Waals surface area (Å²) in [6.07, 6.45) is 0.877. The van der Waals surface area contributed by atoms with Crippen molar-refractivity contribution >= 4 is 39.3 Å². The van der Waals surface area contributed by atoms with Gasteiger partial charge < -0.3 is 14.8 Å². The maximum Gasteiger partial charge on any atom is 0.352 e. The van der Waals surface area contributed by atoms with Crippen LogP contribution in [0.15, 0.2) is 72.5 Å². The van der Waals surface area contributed by atoms with Gasteiger partial charge >= 0.3 is 5.97 Å². The number of Topliss-reactive ketones (excluding diaryl/α,β-unsaturated/α-hetero) is 1. The SMILES string of the molecule is CCOC(=O)C(C#N)=COCC(Br)(C(=O)Nc1ccccc1)C(=O)c1ccccc1. The number of ketones is 1. The van der Waals surface area contributed by atoms with Gasteiger partial charge in [-0.1, -0.05) is 64.5 Å². The highest BCUT2D eigenvalue weighted by molar-refractivity contribution is 9.10. The summed E-state index contributed by atoms with van der Waals surface area (Å²) in [5.41, 5.74) is 0.394. The minimum atomic E-state index is -1.81. The Hall–Kier alpha value is -3.44. The summed E-state index contributed by atoms with van der Waals surface area (Å²) in [7, 11) is 0. The van der Waals surface area contributed by atoms with Crippen LogP contribution in [0.3, 0.4) is 0 Å². The van der Waals surface area contributed by atoms with Crippen LogP contribution in [-0.4, -0.2) is 35.2 Å². The normalized spacial score (nSPS) is 12.8. The molecule has 2 rings (SSSR count). The maximum atomic E-state index is 13.1. The minimum absolute atomic E-state index is 0.0895. The van der Waals surface area contributed by atoms with Crippen molar-refractivity contribution < 1.29 is 23.9 Å². The average Bonchev–Trinajstić information content (AvgIpc) is 2.77. The molecule has 0 fully saturated rings. The smallest absolute Gasteiger partial charge is 0.352 e. The van der Waals surface area contributed by atoms with Crippen LogP contribution in [0, 0.1) is 11.3 Å². The van der Waals surface area contributed by atoms with Gasteiger partial charge in [0.05, 0.1) is 6.61 Å². The molecule has 0 bridgehead atoms. The number of ether oxygens (including phenoxy) is 2. The van der Waals surface area contributed by atoms with Crippen molar-refractivity contribution in [3.63, 3.8) is 0 Å². The van der Waals surface area contributed by atoms with Gasteiger partial charge in [0, 0.05) is 11.3 Å². The zero-order chi connectivity index (χ0) is 22.0. The first kappa shape index (κ1) is 22.8. The van der Waals surface area contributed by atoms with Crippen LogP contribution in [0.1, 0.15) is 17.3 Å². The van der Waals surface area contributed by atoms with Crippen LogP contribution < -0.4 is 5.32 Å². The van der Waals surface area contributed by atoms with Gasteiger partial charge in [-0.15, -0.1) is 0 Å². The Morgan fingerprint density at radius 1 is 1.10 bits per heavy atom. The van der Waals surface area contributed by atoms with Crippen LogP contribution in [0.25, 0.3) is 0 Å². The number of rotatable bonds is 9. The first-order valence-electron chi connectivity index (χ1n) is 8.96.